The molecule has 0 bridgehead atoms. The molecule has 250 valence electrons. The Morgan fingerprint density at radius 2 is 1.83 bits per heavy atom. The first-order valence-corrected chi connectivity index (χ1v) is 15.9. The summed E-state index contributed by atoms with van der Waals surface area (Å²) in [5.74, 6) is -0.589. The monoisotopic (exact) mass is 654 g/mol. The maximum atomic E-state index is 15.2. The van der Waals surface area contributed by atoms with E-state index in [0.717, 1.165) is 0 Å². The predicted octanol–water partition coefficient (Wildman–Crippen LogP) is 4.66. The number of ether oxygens (including phenoxy) is 1. The second-order valence-corrected chi connectivity index (χ2v) is 13.0. The molecule has 4 aromatic rings. The largest absolute Gasteiger partial charge is 0.392 e. The van der Waals surface area contributed by atoms with Gasteiger partial charge in [-0.05, 0) is 52.9 Å². The van der Waals surface area contributed by atoms with Crippen molar-refractivity contribution in [2.45, 2.75) is 32.8 Å². The van der Waals surface area contributed by atoms with Gasteiger partial charge in [0.15, 0.2) is 0 Å². The molecule has 2 aromatic carbocycles. The Balaban J connectivity index is 1.31. The summed E-state index contributed by atoms with van der Waals surface area (Å²) in [5.41, 5.74) is 3.42. The van der Waals surface area contributed by atoms with Gasteiger partial charge in [0.25, 0.3) is 17.4 Å². The minimum absolute atomic E-state index is 0.131. The lowest BCUT2D eigenvalue weighted by Crippen LogP contribution is -2.40. The van der Waals surface area contributed by atoms with Crippen molar-refractivity contribution in [2.75, 3.05) is 54.9 Å². The summed E-state index contributed by atoms with van der Waals surface area (Å²) in [6.07, 6.45) is 3.14. The standard InChI is InChI=1S/C36H39FN6O5/c1-36(2,3)27-18-29-25(17-28(27)37)34(46)43(11-10-38-29)31-7-5-6-24(26(31)21-44)23-16-30(35(47)41(4)20-23)40-32-9-8-22(19-39-32)33(45)42-12-14-48-15-13-42/h5-9,16-20,38,44H,10-15,21H2,1-4H3,(H,39,40). The zero-order valence-electron chi connectivity index (χ0n) is 27.5. The van der Waals surface area contributed by atoms with E-state index in [2.05, 4.69) is 15.6 Å². The summed E-state index contributed by atoms with van der Waals surface area (Å²) < 4.78 is 22.0. The van der Waals surface area contributed by atoms with Crippen LogP contribution in [0.15, 0.2) is 65.7 Å². The lowest BCUT2D eigenvalue weighted by atomic mass is 9.85. The van der Waals surface area contributed by atoms with E-state index in [4.69, 9.17) is 4.74 Å². The zero-order chi connectivity index (χ0) is 34.2. The molecule has 0 radical (unpaired) electrons. The van der Waals surface area contributed by atoms with Crippen LogP contribution in [-0.2, 0) is 23.8 Å². The fraction of sp³-hybridized carbons (Fsp3) is 0.333. The molecular formula is C36H39FN6O5. The smallest absolute Gasteiger partial charge is 0.274 e. The van der Waals surface area contributed by atoms with Gasteiger partial charge in [-0.15, -0.1) is 0 Å². The van der Waals surface area contributed by atoms with Gasteiger partial charge in [-0.25, -0.2) is 9.37 Å². The molecule has 2 aliphatic heterocycles. The quantitative estimate of drug-likeness (QED) is 0.274. The second kappa shape index (κ2) is 13.2. The van der Waals surface area contributed by atoms with Crippen LogP contribution in [0.3, 0.4) is 0 Å². The van der Waals surface area contributed by atoms with Gasteiger partial charge in [0, 0.05) is 62.4 Å². The number of benzene rings is 2. The lowest BCUT2D eigenvalue weighted by molar-refractivity contribution is 0.0302. The Hall–Kier alpha value is -5.07. The molecule has 4 heterocycles. The van der Waals surface area contributed by atoms with Crippen molar-refractivity contribution < 1.29 is 23.8 Å². The molecule has 0 spiro atoms. The number of hydrogen-bond acceptors (Lipinski definition) is 8. The van der Waals surface area contributed by atoms with Crippen molar-refractivity contribution in [2.24, 2.45) is 7.05 Å². The number of rotatable bonds is 6. The van der Waals surface area contributed by atoms with Gasteiger partial charge in [0.05, 0.1) is 36.6 Å². The molecule has 48 heavy (non-hydrogen) atoms. The molecule has 0 saturated carbocycles. The van der Waals surface area contributed by atoms with E-state index in [1.807, 2.05) is 26.8 Å². The van der Waals surface area contributed by atoms with Crippen molar-refractivity contribution in [3.05, 3.63) is 99.3 Å². The maximum Gasteiger partial charge on any atom is 0.274 e. The van der Waals surface area contributed by atoms with E-state index in [0.29, 0.717) is 77.9 Å². The van der Waals surface area contributed by atoms with Crippen LogP contribution in [0.5, 0.6) is 0 Å². The average Bonchev–Trinajstić information content (AvgIpc) is 3.23. The Morgan fingerprint density at radius 3 is 2.52 bits per heavy atom. The number of carbonyl (C=O) groups is 2. The molecule has 2 aromatic heterocycles. The SMILES string of the molecule is Cn1cc(-c2cccc(N3CCNc4cc(C(C)(C)C)c(F)cc4C3=O)c2CO)cc(Nc2ccc(C(=O)N3CCOCC3)cn2)c1=O. The lowest BCUT2D eigenvalue weighted by Gasteiger charge is -2.26. The van der Waals surface area contributed by atoms with Crippen LogP contribution in [0.1, 0.15) is 52.6 Å². The van der Waals surface area contributed by atoms with Gasteiger partial charge < -0.3 is 34.8 Å². The molecule has 3 N–H and O–H groups in total. The summed E-state index contributed by atoms with van der Waals surface area (Å²) >= 11 is 0. The third kappa shape index (κ3) is 6.41. The Bertz CT molecular complexity index is 1930. The van der Waals surface area contributed by atoms with Crippen molar-refractivity contribution in [3.63, 3.8) is 0 Å². The van der Waals surface area contributed by atoms with Crippen molar-refractivity contribution in [3.8, 4) is 11.1 Å². The fourth-order valence-electron chi connectivity index (χ4n) is 6.14. The highest BCUT2D eigenvalue weighted by Gasteiger charge is 2.30. The highest BCUT2D eigenvalue weighted by atomic mass is 19.1. The first-order chi connectivity index (χ1) is 23.0. The summed E-state index contributed by atoms with van der Waals surface area (Å²) in [4.78, 5) is 47.6. The number of fused-ring (bicyclic) bond motifs is 1. The van der Waals surface area contributed by atoms with Crippen LogP contribution in [0.2, 0.25) is 0 Å². The Labute approximate surface area is 278 Å². The van der Waals surface area contributed by atoms with E-state index in [1.165, 1.54) is 16.8 Å². The number of hydrogen-bond donors (Lipinski definition) is 3. The molecule has 0 unspecified atom stereocenters. The molecule has 11 nitrogen and oxygen atoms in total. The highest BCUT2D eigenvalue weighted by Crippen LogP contribution is 2.36. The second-order valence-electron chi connectivity index (χ2n) is 13.0. The third-order valence-corrected chi connectivity index (χ3v) is 8.71. The number of aromatic nitrogens is 2. The molecule has 0 aliphatic carbocycles. The van der Waals surface area contributed by atoms with E-state index in [-0.39, 0.29) is 35.2 Å². The average molecular weight is 655 g/mol. The number of nitrogens with one attached hydrogen (secondary N) is 2. The highest BCUT2D eigenvalue weighted by molar-refractivity contribution is 6.11. The summed E-state index contributed by atoms with van der Waals surface area (Å²) in [6, 6.07) is 13.3. The van der Waals surface area contributed by atoms with Crippen molar-refractivity contribution in [1.82, 2.24) is 14.5 Å². The van der Waals surface area contributed by atoms with E-state index >= 15 is 4.39 Å². The predicted molar refractivity (Wildman–Crippen MR) is 183 cm³/mol. The number of nitrogens with zero attached hydrogens (tertiary/aromatic N) is 4. The van der Waals surface area contributed by atoms with Crippen LogP contribution in [0.4, 0.5) is 27.3 Å². The molecule has 12 heteroatoms. The molecule has 2 aliphatic rings. The molecule has 0 atom stereocenters. The first-order valence-electron chi connectivity index (χ1n) is 15.9. The van der Waals surface area contributed by atoms with Gasteiger partial charge in [0.1, 0.15) is 17.3 Å². The number of anilines is 4. The van der Waals surface area contributed by atoms with E-state index in [1.54, 1.807) is 59.4 Å². The zero-order valence-corrected chi connectivity index (χ0v) is 27.5. The van der Waals surface area contributed by atoms with Crippen molar-refractivity contribution in [1.29, 1.82) is 0 Å². The number of halogens is 1. The Morgan fingerprint density at radius 1 is 1.06 bits per heavy atom. The summed E-state index contributed by atoms with van der Waals surface area (Å²) in [5, 5.41) is 17.0. The van der Waals surface area contributed by atoms with Crippen LogP contribution in [0.25, 0.3) is 11.1 Å². The topological polar surface area (TPSA) is 129 Å². The number of pyridine rings is 2. The van der Waals surface area contributed by atoms with Gasteiger partial charge in [-0.1, -0.05) is 32.9 Å². The van der Waals surface area contributed by atoms with Crippen LogP contribution in [-0.4, -0.2) is 70.8 Å². The minimum Gasteiger partial charge on any atom is -0.392 e. The molecule has 2 amide bonds. The van der Waals surface area contributed by atoms with Crippen LogP contribution >= 0.6 is 0 Å². The first kappa shape index (κ1) is 32.9. The van der Waals surface area contributed by atoms with Gasteiger partial charge in [-0.3, -0.25) is 14.4 Å². The molecular weight excluding hydrogens is 615 g/mol. The maximum absolute atomic E-state index is 15.2. The van der Waals surface area contributed by atoms with Gasteiger partial charge >= 0.3 is 0 Å². The van der Waals surface area contributed by atoms with E-state index in [9.17, 15) is 19.5 Å². The third-order valence-electron chi connectivity index (χ3n) is 8.71. The van der Waals surface area contributed by atoms with Gasteiger partial charge in [-0.2, -0.15) is 0 Å². The Kier molecular flexibility index (Phi) is 9.04. The summed E-state index contributed by atoms with van der Waals surface area (Å²) in [7, 11) is 1.62. The number of aliphatic hydroxyl groups excluding tert-OH is 1. The summed E-state index contributed by atoms with van der Waals surface area (Å²) in [6.45, 7) is 8.11. The van der Waals surface area contributed by atoms with Crippen LogP contribution in [0, 0.1) is 5.82 Å². The normalized spacial score (nSPS) is 15.1. The minimum atomic E-state index is -0.451. The van der Waals surface area contributed by atoms with Crippen molar-refractivity contribution >= 4 is 34.7 Å². The molecule has 1 fully saturated rings. The van der Waals surface area contributed by atoms with Crippen LogP contribution < -0.4 is 21.1 Å². The fourth-order valence-corrected chi connectivity index (χ4v) is 6.14. The number of aliphatic hydroxyl groups is 1. The molecule has 1 saturated heterocycles. The number of morpholine rings is 1. The van der Waals surface area contributed by atoms with E-state index < -0.39 is 17.8 Å². The van der Waals surface area contributed by atoms with Gasteiger partial charge in [0.2, 0.25) is 0 Å². The number of amides is 2. The number of carbonyl (C=O) groups excluding carboxylic acids is 2. The number of aryl methyl sites for hydroxylation is 1. The molecule has 6 rings (SSSR count).